The van der Waals surface area contributed by atoms with Crippen LogP contribution in [0.25, 0.3) is 66.1 Å². The molecule has 0 saturated heterocycles. The van der Waals surface area contributed by atoms with Crippen molar-refractivity contribution in [3.05, 3.63) is 146 Å². The molecule has 0 saturated carbocycles. The molecule has 1 radical (unpaired) electrons. The molecule has 2 aromatic heterocycles. The maximum absolute atomic E-state index is 3.41. The lowest BCUT2D eigenvalue weighted by Gasteiger charge is -2.09. The summed E-state index contributed by atoms with van der Waals surface area (Å²) in [5.74, 6) is 0. The number of para-hydroxylation sites is 4. The van der Waals surface area contributed by atoms with Gasteiger partial charge in [0.15, 0.2) is 0 Å². The first-order valence-electron chi connectivity index (χ1n) is 13.0. The molecule has 2 nitrogen and oxygen atoms in total. The van der Waals surface area contributed by atoms with E-state index in [2.05, 4.69) is 143 Å². The Balaban J connectivity index is 1.36. The number of benzene rings is 6. The van der Waals surface area contributed by atoms with Crippen LogP contribution in [0.2, 0.25) is 0 Å². The average molecular weight is 484 g/mol. The summed E-state index contributed by atoms with van der Waals surface area (Å²) in [5, 5.41) is 5.04. The van der Waals surface area contributed by atoms with E-state index in [1.54, 1.807) is 0 Å². The van der Waals surface area contributed by atoms with Gasteiger partial charge < -0.3 is 9.13 Å². The molecule has 2 heteroatoms. The van der Waals surface area contributed by atoms with E-state index in [4.69, 9.17) is 0 Å². The van der Waals surface area contributed by atoms with Crippen LogP contribution in [0.1, 0.15) is 0 Å². The second-order valence-electron chi connectivity index (χ2n) is 9.75. The van der Waals surface area contributed by atoms with Crippen molar-refractivity contribution in [2.75, 3.05) is 0 Å². The Kier molecular flexibility index (Phi) is 4.55. The standard InChI is InChI=1S/C36H23N2/c1-3-11-27(12-4-1)37-33-17-9-7-15-29(33)31-23-25(19-21-35(31)37)26-20-22-36-32(24-26)30-16-8-10-18-34(30)38(36)28-13-5-2-6-14-28/h1-13,15-24H. The van der Waals surface area contributed by atoms with Crippen LogP contribution in [-0.4, -0.2) is 9.13 Å². The minimum Gasteiger partial charge on any atom is -0.309 e. The Labute approximate surface area is 220 Å². The minimum atomic E-state index is 1.06. The first kappa shape index (κ1) is 21.0. The molecule has 0 atom stereocenters. The van der Waals surface area contributed by atoms with Gasteiger partial charge in [-0.1, -0.05) is 84.9 Å². The lowest BCUT2D eigenvalue weighted by Crippen LogP contribution is -1.93. The second kappa shape index (κ2) is 8.22. The van der Waals surface area contributed by atoms with Gasteiger partial charge >= 0.3 is 0 Å². The summed E-state index contributed by atoms with van der Waals surface area (Å²) in [6, 6.07) is 53.3. The zero-order valence-electron chi connectivity index (χ0n) is 20.7. The molecule has 2 heterocycles. The van der Waals surface area contributed by atoms with Crippen LogP contribution in [-0.2, 0) is 0 Å². The summed E-state index contributed by atoms with van der Waals surface area (Å²) < 4.78 is 4.67. The molecule has 0 aliphatic rings. The van der Waals surface area contributed by atoms with E-state index in [0.29, 0.717) is 0 Å². The molecule has 0 spiro atoms. The molecule has 177 valence electrons. The van der Waals surface area contributed by atoms with Crippen molar-refractivity contribution in [2.24, 2.45) is 0 Å². The van der Waals surface area contributed by atoms with E-state index in [-0.39, 0.29) is 0 Å². The highest BCUT2D eigenvalue weighted by molar-refractivity contribution is 6.12. The van der Waals surface area contributed by atoms with Crippen molar-refractivity contribution in [1.29, 1.82) is 0 Å². The Morgan fingerprint density at radius 3 is 1.55 bits per heavy atom. The quantitative estimate of drug-likeness (QED) is 0.237. The summed E-state index contributed by atoms with van der Waals surface area (Å²) in [5.41, 5.74) is 9.51. The zero-order valence-corrected chi connectivity index (χ0v) is 20.7. The van der Waals surface area contributed by atoms with Gasteiger partial charge in [-0.15, -0.1) is 0 Å². The summed E-state index contributed by atoms with van der Waals surface area (Å²) in [7, 11) is 0. The summed E-state index contributed by atoms with van der Waals surface area (Å²) >= 11 is 0. The molecule has 6 aromatic carbocycles. The van der Waals surface area contributed by atoms with Crippen LogP contribution >= 0.6 is 0 Å². The lowest BCUT2D eigenvalue weighted by atomic mass is 10.0. The zero-order chi connectivity index (χ0) is 25.1. The Morgan fingerprint density at radius 1 is 0.395 bits per heavy atom. The first-order valence-corrected chi connectivity index (χ1v) is 13.0. The molecule has 0 bridgehead atoms. The molecule has 0 fully saturated rings. The van der Waals surface area contributed by atoms with Gasteiger partial charge in [-0.2, -0.15) is 0 Å². The van der Waals surface area contributed by atoms with Crippen molar-refractivity contribution in [3.8, 4) is 22.5 Å². The van der Waals surface area contributed by atoms with E-state index in [9.17, 15) is 0 Å². The van der Waals surface area contributed by atoms with Crippen molar-refractivity contribution >= 4 is 43.6 Å². The molecule has 8 rings (SSSR count). The lowest BCUT2D eigenvalue weighted by molar-refractivity contribution is 1.18. The summed E-state index contributed by atoms with van der Waals surface area (Å²) in [4.78, 5) is 0. The molecule has 0 aliphatic heterocycles. The second-order valence-corrected chi connectivity index (χ2v) is 9.75. The molecule has 0 N–H and O–H groups in total. The number of rotatable bonds is 3. The first-order chi connectivity index (χ1) is 18.9. The van der Waals surface area contributed by atoms with Crippen LogP contribution < -0.4 is 0 Å². The van der Waals surface area contributed by atoms with E-state index >= 15 is 0 Å². The highest BCUT2D eigenvalue weighted by Crippen LogP contribution is 2.38. The minimum absolute atomic E-state index is 1.06. The van der Waals surface area contributed by atoms with Gasteiger partial charge in [0.25, 0.3) is 0 Å². The largest absolute Gasteiger partial charge is 0.309 e. The van der Waals surface area contributed by atoms with E-state index < -0.39 is 0 Å². The van der Waals surface area contributed by atoms with Crippen LogP contribution in [0.3, 0.4) is 0 Å². The van der Waals surface area contributed by atoms with Gasteiger partial charge in [0, 0.05) is 33.3 Å². The highest BCUT2D eigenvalue weighted by Gasteiger charge is 2.15. The molecule has 38 heavy (non-hydrogen) atoms. The van der Waals surface area contributed by atoms with Crippen LogP contribution in [0, 0.1) is 6.07 Å². The van der Waals surface area contributed by atoms with Crippen molar-refractivity contribution in [2.45, 2.75) is 0 Å². The number of fused-ring (bicyclic) bond motifs is 6. The Morgan fingerprint density at radius 2 is 0.921 bits per heavy atom. The number of hydrogen-bond donors (Lipinski definition) is 0. The third-order valence-electron chi connectivity index (χ3n) is 7.63. The van der Waals surface area contributed by atoms with Crippen molar-refractivity contribution in [3.63, 3.8) is 0 Å². The fraction of sp³-hybridized carbons (Fsp3) is 0. The fourth-order valence-corrected chi connectivity index (χ4v) is 5.94. The highest BCUT2D eigenvalue weighted by atomic mass is 15.0. The average Bonchev–Trinajstić information content (AvgIpc) is 3.50. The normalized spacial score (nSPS) is 11.7. The summed E-state index contributed by atoms with van der Waals surface area (Å²) in [6.07, 6.45) is 0. The van der Waals surface area contributed by atoms with E-state index in [0.717, 1.165) is 5.69 Å². The van der Waals surface area contributed by atoms with Gasteiger partial charge in [-0.05, 0) is 65.7 Å². The maximum Gasteiger partial charge on any atom is 0.0541 e. The van der Waals surface area contributed by atoms with Gasteiger partial charge in [0.2, 0.25) is 0 Å². The summed E-state index contributed by atoms with van der Waals surface area (Å²) in [6.45, 7) is 0. The van der Waals surface area contributed by atoms with E-state index in [1.807, 2.05) is 12.1 Å². The van der Waals surface area contributed by atoms with Crippen LogP contribution in [0.15, 0.2) is 140 Å². The van der Waals surface area contributed by atoms with Crippen LogP contribution in [0.4, 0.5) is 0 Å². The fourth-order valence-electron chi connectivity index (χ4n) is 5.94. The molecule has 0 aliphatic carbocycles. The van der Waals surface area contributed by atoms with Crippen LogP contribution in [0.5, 0.6) is 0 Å². The number of hydrogen-bond acceptors (Lipinski definition) is 0. The smallest absolute Gasteiger partial charge is 0.0541 e. The SMILES string of the molecule is [c]1ccccc1-n1c2ccccc2c2cc(-c3ccc4c(c3)c3ccccc3n4-c3ccccc3)ccc21. The van der Waals surface area contributed by atoms with Crippen molar-refractivity contribution in [1.82, 2.24) is 9.13 Å². The van der Waals surface area contributed by atoms with Gasteiger partial charge in [-0.25, -0.2) is 0 Å². The monoisotopic (exact) mass is 483 g/mol. The molecular formula is C36H23N2. The molecule has 0 amide bonds. The predicted octanol–water partition coefficient (Wildman–Crippen LogP) is 9.35. The Bertz CT molecular complexity index is 1960. The predicted molar refractivity (Wildman–Crippen MR) is 159 cm³/mol. The van der Waals surface area contributed by atoms with Gasteiger partial charge in [0.1, 0.15) is 0 Å². The number of nitrogens with zero attached hydrogens (tertiary/aromatic N) is 2. The van der Waals surface area contributed by atoms with E-state index in [1.165, 1.54) is 60.4 Å². The van der Waals surface area contributed by atoms with Gasteiger partial charge in [-0.3, -0.25) is 0 Å². The Hall–Kier alpha value is -5.08. The third kappa shape index (κ3) is 3.07. The molecule has 8 aromatic rings. The number of aromatic nitrogens is 2. The molecular weight excluding hydrogens is 460 g/mol. The van der Waals surface area contributed by atoms with Gasteiger partial charge in [0.05, 0.1) is 27.8 Å². The maximum atomic E-state index is 3.41. The van der Waals surface area contributed by atoms with Crippen molar-refractivity contribution < 1.29 is 0 Å². The molecule has 0 unspecified atom stereocenters. The third-order valence-corrected chi connectivity index (χ3v) is 7.63. The topological polar surface area (TPSA) is 9.86 Å².